The zero-order valence-electron chi connectivity index (χ0n) is 14.7. The molecule has 2 aliphatic rings. The number of aryl methyl sites for hydroxylation is 1. The molecule has 1 saturated heterocycles. The maximum absolute atomic E-state index is 5.37. The van der Waals surface area contributed by atoms with Crippen molar-refractivity contribution in [3.63, 3.8) is 0 Å². The number of nitrogens with zero attached hydrogens (tertiary/aromatic N) is 3. The maximum atomic E-state index is 5.37. The lowest BCUT2D eigenvalue weighted by atomic mass is 9.83. The van der Waals surface area contributed by atoms with Crippen LogP contribution in [-0.2, 0) is 17.7 Å². The van der Waals surface area contributed by atoms with Gasteiger partial charge in [-0.3, -0.25) is 0 Å². The summed E-state index contributed by atoms with van der Waals surface area (Å²) in [6.45, 7) is 5.10. The van der Waals surface area contributed by atoms with Crippen molar-refractivity contribution in [1.29, 1.82) is 0 Å². The molecule has 1 aromatic heterocycles. The van der Waals surface area contributed by atoms with E-state index in [1.165, 1.54) is 30.4 Å². The molecule has 0 radical (unpaired) electrons. The van der Waals surface area contributed by atoms with Crippen molar-refractivity contribution in [2.24, 2.45) is 0 Å². The average Bonchev–Trinajstić information content (AvgIpc) is 2.69. The molecule has 2 heterocycles. The molecule has 0 amide bonds. The number of ether oxygens (including phenoxy) is 1. The van der Waals surface area contributed by atoms with Crippen LogP contribution in [0, 0.1) is 0 Å². The quantitative estimate of drug-likeness (QED) is 0.908. The van der Waals surface area contributed by atoms with E-state index in [-0.39, 0.29) is 0 Å². The molecule has 4 rings (SSSR count). The number of fused-ring (bicyclic) bond motifs is 1. The lowest BCUT2D eigenvalue weighted by molar-refractivity contribution is 0.122. The maximum Gasteiger partial charge on any atom is 0.225 e. The van der Waals surface area contributed by atoms with Crippen LogP contribution in [0.1, 0.15) is 35.4 Å². The normalized spacial score (nSPS) is 20.3. The highest BCUT2D eigenvalue weighted by Gasteiger charge is 2.19. The van der Waals surface area contributed by atoms with Gasteiger partial charge in [0.1, 0.15) is 0 Å². The highest BCUT2D eigenvalue weighted by molar-refractivity contribution is 5.33. The summed E-state index contributed by atoms with van der Waals surface area (Å²) < 4.78 is 5.37. The van der Waals surface area contributed by atoms with Gasteiger partial charge in [-0.1, -0.05) is 24.3 Å². The molecule has 1 aliphatic heterocycles. The molecule has 1 aromatic carbocycles. The lowest BCUT2D eigenvalue weighted by Crippen LogP contribution is -2.37. The van der Waals surface area contributed by atoms with Crippen LogP contribution in [-0.4, -0.2) is 42.8 Å². The SMILES string of the molecule is c1ccc2c(c1)CCC[C@H]2CNCc1cnc(N2CCOCC2)nc1. The fourth-order valence-electron chi connectivity index (χ4n) is 3.82. The van der Waals surface area contributed by atoms with Crippen molar-refractivity contribution in [1.82, 2.24) is 15.3 Å². The van der Waals surface area contributed by atoms with Crippen molar-refractivity contribution >= 4 is 5.95 Å². The van der Waals surface area contributed by atoms with Gasteiger partial charge in [0, 0.05) is 44.1 Å². The number of hydrogen-bond donors (Lipinski definition) is 1. The number of aromatic nitrogens is 2. The van der Waals surface area contributed by atoms with Crippen LogP contribution in [0.3, 0.4) is 0 Å². The number of rotatable bonds is 5. The first kappa shape index (κ1) is 16.5. The monoisotopic (exact) mass is 338 g/mol. The molecule has 0 bridgehead atoms. The number of nitrogens with one attached hydrogen (secondary N) is 1. The molecule has 5 heteroatoms. The highest BCUT2D eigenvalue weighted by atomic mass is 16.5. The molecule has 0 spiro atoms. The van der Waals surface area contributed by atoms with E-state index in [1.807, 2.05) is 12.4 Å². The average molecular weight is 338 g/mol. The van der Waals surface area contributed by atoms with E-state index >= 15 is 0 Å². The Balaban J connectivity index is 1.30. The summed E-state index contributed by atoms with van der Waals surface area (Å²) in [6, 6.07) is 8.89. The van der Waals surface area contributed by atoms with Crippen LogP contribution in [0.2, 0.25) is 0 Å². The predicted molar refractivity (Wildman–Crippen MR) is 98.9 cm³/mol. The first-order chi connectivity index (χ1) is 12.4. The lowest BCUT2D eigenvalue weighted by Gasteiger charge is -2.27. The van der Waals surface area contributed by atoms with Gasteiger partial charge in [-0.2, -0.15) is 0 Å². The van der Waals surface area contributed by atoms with Crippen molar-refractivity contribution < 1.29 is 4.74 Å². The number of hydrogen-bond acceptors (Lipinski definition) is 5. The Morgan fingerprint density at radius 3 is 2.76 bits per heavy atom. The summed E-state index contributed by atoms with van der Waals surface area (Å²) in [4.78, 5) is 11.2. The van der Waals surface area contributed by atoms with E-state index in [0.29, 0.717) is 5.92 Å². The van der Waals surface area contributed by atoms with Gasteiger partial charge < -0.3 is 15.0 Å². The van der Waals surface area contributed by atoms with E-state index in [2.05, 4.69) is 44.5 Å². The molecule has 132 valence electrons. The Bertz CT molecular complexity index is 682. The molecule has 2 aromatic rings. The highest BCUT2D eigenvalue weighted by Crippen LogP contribution is 2.30. The third-order valence-electron chi connectivity index (χ3n) is 5.20. The molecule has 25 heavy (non-hydrogen) atoms. The molecule has 0 saturated carbocycles. The minimum absolute atomic E-state index is 0.624. The summed E-state index contributed by atoms with van der Waals surface area (Å²) in [7, 11) is 0. The number of benzene rings is 1. The van der Waals surface area contributed by atoms with Gasteiger partial charge in [-0.25, -0.2) is 9.97 Å². The second kappa shape index (κ2) is 7.93. The van der Waals surface area contributed by atoms with E-state index in [4.69, 9.17) is 4.74 Å². The van der Waals surface area contributed by atoms with Gasteiger partial charge in [0.25, 0.3) is 0 Å². The largest absolute Gasteiger partial charge is 0.378 e. The minimum atomic E-state index is 0.624. The van der Waals surface area contributed by atoms with Crippen molar-refractivity contribution in [2.45, 2.75) is 31.7 Å². The zero-order valence-corrected chi connectivity index (χ0v) is 14.7. The predicted octanol–water partition coefficient (Wildman–Crippen LogP) is 2.52. The Labute approximate surface area is 149 Å². The van der Waals surface area contributed by atoms with Crippen LogP contribution in [0.15, 0.2) is 36.7 Å². The van der Waals surface area contributed by atoms with Gasteiger partial charge in [-0.15, -0.1) is 0 Å². The van der Waals surface area contributed by atoms with Crippen LogP contribution >= 0.6 is 0 Å². The Morgan fingerprint density at radius 2 is 1.92 bits per heavy atom. The Kier molecular flexibility index (Phi) is 5.23. The van der Waals surface area contributed by atoms with Gasteiger partial charge in [0.05, 0.1) is 13.2 Å². The first-order valence-electron chi connectivity index (χ1n) is 9.32. The summed E-state index contributed by atoms with van der Waals surface area (Å²) in [5.41, 5.74) is 4.19. The molecule has 1 fully saturated rings. The summed E-state index contributed by atoms with van der Waals surface area (Å²) in [6.07, 6.45) is 7.68. The molecule has 5 nitrogen and oxygen atoms in total. The number of anilines is 1. The molecular weight excluding hydrogens is 312 g/mol. The summed E-state index contributed by atoms with van der Waals surface area (Å²) >= 11 is 0. The van der Waals surface area contributed by atoms with E-state index < -0.39 is 0 Å². The summed E-state index contributed by atoms with van der Waals surface area (Å²) in [5, 5.41) is 3.60. The molecular formula is C20H26N4O. The smallest absolute Gasteiger partial charge is 0.225 e. The van der Waals surface area contributed by atoms with Gasteiger partial charge in [-0.05, 0) is 36.3 Å². The minimum Gasteiger partial charge on any atom is -0.378 e. The third-order valence-corrected chi connectivity index (χ3v) is 5.20. The molecule has 1 aliphatic carbocycles. The second-order valence-corrected chi connectivity index (χ2v) is 6.91. The summed E-state index contributed by atoms with van der Waals surface area (Å²) in [5.74, 6) is 1.44. The zero-order chi connectivity index (χ0) is 16.9. The standard InChI is InChI=1S/C20H26N4O/c1-2-7-19-17(4-1)5-3-6-18(19)15-21-12-16-13-22-20(23-14-16)24-8-10-25-11-9-24/h1-2,4,7,13-14,18,21H,3,5-6,8-12,15H2/t18-/m0/s1. The fraction of sp³-hybridized carbons (Fsp3) is 0.500. The van der Waals surface area contributed by atoms with Crippen LogP contribution in [0.5, 0.6) is 0 Å². The van der Waals surface area contributed by atoms with Gasteiger partial charge in [0.15, 0.2) is 0 Å². The molecule has 1 atom stereocenters. The van der Waals surface area contributed by atoms with Crippen LogP contribution in [0.4, 0.5) is 5.95 Å². The Hall–Kier alpha value is -1.98. The molecule has 0 unspecified atom stereocenters. The van der Waals surface area contributed by atoms with E-state index in [9.17, 15) is 0 Å². The van der Waals surface area contributed by atoms with Crippen LogP contribution in [0.25, 0.3) is 0 Å². The second-order valence-electron chi connectivity index (χ2n) is 6.91. The van der Waals surface area contributed by atoms with Gasteiger partial charge in [0.2, 0.25) is 5.95 Å². The molecule has 1 N–H and O–H groups in total. The van der Waals surface area contributed by atoms with Crippen molar-refractivity contribution in [3.05, 3.63) is 53.3 Å². The van der Waals surface area contributed by atoms with E-state index in [1.54, 1.807) is 0 Å². The van der Waals surface area contributed by atoms with Crippen molar-refractivity contribution in [3.8, 4) is 0 Å². The first-order valence-corrected chi connectivity index (χ1v) is 9.32. The fourth-order valence-corrected chi connectivity index (χ4v) is 3.82. The topological polar surface area (TPSA) is 50.3 Å². The van der Waals surface area contributed by atoms with Gasteiger partial charge >= 0.3 is 0 Å². The van der Waals surface area contributed by atoms with E-state index in [0.717, 1.165) is 50.9 Å². The number of morpholine rings is 1. The third kappa shape index (κ3) is 3.99. The van der Waals surface area contributed by atoms with Crippen molar-refractivity contribution in [2.75, 3.05) is 37.7 Å². The van der Waals surface area contributed by atoms with Crippen LogP contribution < -0.4 is 10.2 Å². The Morgan fingerprint density at radius 1 is 1.12 bits per heavy atom.